The maximum absolute atomic E-state index is 11.9. The van der Waals surface area contributed by atoms with Gasteiger partial charge in [-0.2, -0.15) is 0 Å². The number of hydrogen-bond acceptors (Lipinski definition) is 2. The number of fused-ring (bicyclic) bond motifs is 2. The van der Waals surface area contributed by atoms with Crippen LogP contribution in [0.15, 0.2) is 0 Å². The molecule has 15 heavy (non-hydrogen) atoms. The van der Waals surface area contributed by atoms with Crippen LogP contribution in [-0.4, -0.2) is 10.3 Å². The zero-order chi connectivity index (χ0) is 11.5. The number of carbonyl (C=O) groups excluding carboxylic acids is 1. The molecule has 4 heteroatoms. The molecule has 0 amide bonds. The van der Waals surface area contributed by atoms with Crippen LogP contribution in [0.5, 0.6) is 0 Å². The van der Waals surface area contributed by atoms with Crippen LogP contribution in [0.4, 0.5) is 0 Å². The molecule has 1 unspecified atom stereocenters. The van der Waals surface area contributed by atoms with Gasteiger partial charge in [0.2, 0.25) is 0 Å². The van der Waals surface area contributed by atoms with E-state index in [0.717, 1.165) is 12.8 Å². The molecule has 2 nitrogen and oxygen atoms in total. The lowest BCUT2D eigenvalue weighted by atomic mass is 9.64. The Morgan fingerprint density at radius 3 is 2.47 bits per heavy atom. The van der Waals surface area contributed by atoms with Crippen LogP contribution in [0.1, 0.15) is 40.0 Å². The third kappa shape index (κ3) is 1.14. The second-order valence-electron chi connectivity index (χ2n) is 5.75. The summed E-state index contributed by atoms with van der Waals surface area (Å²) in [4.78, 5) is 11.9. The highest BCUT2D eigenvalue weighted by atomic mass is 79.9. The van der Waals surface area contributed by atoms with E-state index in [0.29, 0.717) is 5.92 Å². The van der Waals surface area contributed by atoms with Gasteiger partial charge >= 0.3 is 5.97 Å². The molecule has 0 aromatic rings. The van der Waals surface area contributed by atoms with E-state index in [4.69, 9.17) is 11.9 Å². The van der Waals surface area contributed by atoms with Gasteiger partial charge in [-0.1, -0.05) is 36.7 Å². The summed E-state index contributed by atoms with van der Waals surface area (Å²) < 4.78 is 3.85. The lowest BCUT2D eigenvalue weighted by molar-refractivity contribution is -0.143. The molecule has 2 fully saturated rings. The van der Waals surface area contributed by atoms with Crippen LogP contribution in [-0.2, 0) is 9.08 Å². The van der Waals surface area contributed by atoms with E-state index in [9.17, 15) is 4.79 Å². The maximum atomic E-state index is 11.9. The molecule has 0 aromatic carbocycles. The Kier molecular flexibility index (Phi) is 2.45. The summed E-state index contributed by atoms with van der Waals surface area (Å²) in [5.41, 5.74) is -0.112. The summed E-state index contributed by atoms with van der Waals surface area (Å²) in [6.07, 6.45) is 3.35. The van der Waals surface area contributed by atoms with Crippen molar-refractivity contribution >= 4 is 33.8 Å². The molecule has 2 saturated carbocycles. The number of rotatable bonds is 1. The number of hydrogen-bond donors (Lipinski definition) is 0. The predicted molar refractivity (Wildman–Crippen MR) is 62.8 cm³/mol. The van der Waals surface area contributed by atoms with Crippen molar-refractivity contribution in [1.82, 2.24) is 0 Å². The summed E-state index contributed by atoms with van der Waals surface area (Å²) in [6, 6.07) is 0. The number of halogens is 2. The Balaban J connectivity index is 2.50. The van der Waals surface area contributed by atoms with E-state index in [-0.39, 0.29) is 16.8 Å². The Morgan fingerprint density at radius 2 is 2.07 bits per heavy atom. The molecule has 3 atom stereocenters. The van der Waals surface area contributed by atoms with Gasteiger partial charge in [0.15, 0.2) is 0 Å². The average Bonchev–Trinajstić information content (AvgIpc) is 2.64. The molecule has 2 bridgehead atoms. The van der Waals surface area contributed by atoms with E-state index >= 15 is 0 Å². The summed E-state index contributed by atoms with van der Waals surface area (Å²) in [5, 5.41) is 0. The summed E-state index contributed by atoms with van der Waals surface area (Å²) in [5.74, 6) is 0.247. The molecule has 0 aromatic heterocycles. The molecule has 86 valence electrons. The summed E-state index contributed by atoms with van der Waals surface area (Å²) >= 11 is 8.92. The van der Waals surface area contributed by atoms with Crippen LogP contribution in [0.2, 0.25) is 0 Å². The molecule has 0 N–H and O–H groups in total. The van der Waals surface area contributed by atoms with E-state index in [1.54, 1.807) is 0 Å². The fourth-order valence-electron chi connectivity index (χ4n) is 3.79. The fraction of sp³-hybridized carbons (Fsp3) is 0.909. The topological polar surface area (TPSA) is 26.3 Å². The van der Waals surface area contributed by atoms with E-state index in [1.807, 2.05) is 0 Å². The molecular weight excluding hydrogens is 279 g/mol. The van der Waals surface area contributed by atoms with E-state index in [1.165, 1.54) is 6.42 Å². The van der Waals surface area contributed by atoms with Gasteiger partial charge in [0.05, 0.1) is 0 Å². The van der Waals surface area contributed by atoms with Gasteiger partial charge in [-0.15, -0.1) is 0 Å². The minimum atomic E-state index is -0.627. The van der Waals surface area contributed by atoms with Crippen molar-refractivity contribution in [3.05, 3.63) is 0 Å². The summed E-state index contributed by atoms with van der Waals surface area (Å²) in [6.45, 7) is 6.42. The molecule has 0 radical (unpaired) electrons. The lowest BCUT2D eigenvalue weighted by Gasteiger charge is -2.47. The van der Waals surface area contributed by atoms with Crippen molar-refractivity contribution in [2.75, 3.05) is 0 Å². The number of carbonyl (C=O) groups is 1. The first-order chi connectivity index (χ1) is 6.79. The van der Waals surface area contributed by atoms with Crippen LogP contribution in [0.25, 0.3) is 0 Å². The highest BCUT2D eigenvalue weighted by Gasteiger charge is 2.72. The van der Waals surface area contributed by atoms with Crippen molar-refractivity contribution in [2.24, 2.45) is 16.7 Å². The molecule has 0 saturated heterocycles. The first-order valence-electron chi connectivity index (χ1n) is 5.31. The van der Waals surface area contributed by atoms with Crippen molar-refractivity contribution in [1.29, 1.82) is 0 Å². The van der Waals surface area contributed by atoms with Gasteiger partial charge in [-0.3, -0.25) is 0 Å². The minimum absolute atomic E-state index is 0.0207. The second-order valence-corrected chi connectivity index (χ2v) is 7.09. The Hall–Kier alpha value is 0.240. The molecular formula is C11H16BrClO2. The SMILES string of the molecule is CC1(C)[C@H]2CC[C@](C)(C2)C1(Br)C(=O)OCl. The summed E-state index contributed by atoms with van der Waals surface area (Å²) in [7, 11) is 0. The average molecular weight is 296 g/mol. The van der Waals surface area contributed by atoms with Gasteiger partial charge < -0.3 is 4.29 Å². The van der Waals surface area contributed by atoms with Gasteiger partial charge in [-0.05, 0) is 36.0 Å². The van der Waals surface area contributed by atoms with Crippen molar-refractivity contribution in [2.45, 2.75) is 44.4 Å². The highest BCUT2D eigenvalue weighted by molar-refractivity contribution is 9.10. The first-order valence-corrected chi connectivity index (χ1v) is 6.42. The molecule has 0 aliphatic heterocycles. The largest absolute Gasteiger partial charge is 0.346 e. The predicted octanol–water partition coefficient (Wildman–Crippen LogP) is 3.66. The van der Waals surface area contributed by atoms with E-state index in [2.05, 4.69) is 41.0 Å². The van der Waals surface area contributed by atoms with Crippen LogP contribution >= 0.6 is 27.8 Å². The van der Waals surface area contributed by atoms with Gasteiger partial charge in [0, 0.05) is 0 Å². The zero-order valence-corrected chi connectivity index (χ0v) is 11.6. The maximum Gasteiger partial charge on any atom is 0.342 e. The Labute approximate surface area is 104 Å². The zero-order valence-electron chi connectivity index (χ0n) is 9.27. The lowest BCUT2D eigenvalue weighted by Crippen LogP contribution is -2.55. The highest BCUT2D eigenvalue weighted by Crippen LogP contribution is 2.71. The molecule has 2 rings (SSSR count). The monoisotopic (exact) mass is 294 g/mol. The minimum Gasteiger partial charge on any atom is -0.346 e. The normalized spacial score (nSPS) is 46.9. The van der Waals surface area contributed by atoms with Crippen LogP contribution in [0.3, 0.4) is 0 Å². The molecule has 2 aliphatic carbocycles. The quantitative estimate of drug-likeness (QED) is 0.690. The number of alkyl halides is 1. The first kappa shape index (κ1) is 11.7. The van der Waals surface area contributed by atoms with Crippen molar-refractivity contribution in [3.63, 3.8) is 0 Å². The van der Waals surface area contributed by atoms with E-state index < -0.39 is 4.32 Å². The fourth-order valence-corrected chi connectivity index (χ4v) is 4.77. The third-order valence-corrected chi connectivity index (χ3v) is 7.28. The Bertz CT molecular complexity index is 311. The molecule has 2 aliphatic rings. The standard InChI is InChI=1S/C11H16BrClO2/c1-9(2)7-4-5-10(3,6-7)11(9,12)8(14)15-13/h7H,4-6H2,1-3H3/t7-,10+,11?/m0/s1. The molecule has 0 spiro atoms. The smallest absolute Gasteiger partial charge is 0.342 e. The molecule has 0 heterocycles. The Morgan fingerprint density at radius 1 is 1.47 bits per heavy atom. The van der Waals surface area contributed by atoms with Crippen molar-refractivity contribution in [3.8, 4) is 0 Å². The van der Waals surface area contributed by atoms with Crippen LogP contribution < -0.4 is 0 Å². The second kappa shape index (κ2) is 3.13. The van der Waals surface area contributed by atoms with Crippen LogP contribution in [0, 0.1) is 16.7 Å². The van der Waals surface area contributed by atoms with Gasteiger partial charge in [0.1, 0.15) is 16.2 Å². The van der Waals surface area contributed by atoms with Gasteiger partial charge in [0.25, 0.3) is 0 Å². The van der Waals surface area contributed by atoms with Crippen molar-refractivity contribution < 1.29 is 9.08 Å². The third-order valence-electron chi connectivity index (χ3n) is 4.83. The van der Waals surface area contributed by atoms with Gasteiger partial charge in [-0.25, -0.2) is 4.79 Å².